The smallest absolute Gasteiger partial charge is 0.315 e. The molecule has 0 spiro atoms. The van der Waals surface area contributed by atoms with Crippen LogP contribution in [0.5, 0.6) is 0 Å². The highest BCUT2D eigenvalue weighted by molar-refractivity contribution is 5.95. The standard InChI is InChI=1S/C22H30N4O2/c1-15-11-16(2)21(17(3)12-15)25-20(27)14-24-22(28)23-13-19(26(4)5)18-9-7-6-8-10-18/h6-12,19H,13-14H2,1-5H3,(H,25,27)(H2,23,24,28). The van der Waals surface area contributed by atoms with Crippen molar-refractivity contribution in [2.45, 2.75) is 26.8 Å². The molecule has 2 aromatic carbocycles. The predicted molar refractivity (Wildman–Crippen MR) is 114 cm³/mol. The molecule has 1 unspecified atom stereocenters. The van der Waals surface area contributed by atoms with Crippen LogP contribution in [0.25, 0.3) is 0 Å². The molecule has 0 saturated carbocycles. The topological polar surface area (TPSA) is 73.5 Å². The summed E-state index contributed by atoms with van der Waals surface area (Å²) in [7, 11) is 3.94. The van der Waals surface area contributed by atoms with Gasteiger partial charge < -0.3 is 20.9 Å². The van der Waals surface area contributed by atoms with Crippen molar-refractivity contribution in [2.24, 2.45) is 0 Å². The van der Waals surface area contributed by atoms with E-state index < -0.39 is 0 Å². The van der Waals surface area contributed by atoms with E-state index in [1.807, 2.05) is 82.2 Å². The maximum Gasteiger partial charge on any atom is 0.315 e. The number of benzene rings is 2. The third-order valence-corrected chi connectivity index (χ3v) is 4.61. The van der Waals surface area contributed by atoms with Gasteiger partial charge in [0.2, 0.25) is 5.91 Å². The van der Waals surface area contributed by atoms with E-state index in [0.29, 0.717) is 6.54 Å². The molecule has 0 aliphatic carbocycles. The second-order valence-electron chi connectivity index (χ2n) is 7.28. The van der Waals surface area contributed by atoms with E-state index in [0.717, 1.165) is 27.9 Å². The van der Waals surface area contributed by atoms with Gasteiger partial charge in [-0.15, -0.1) is 0 Å². The number of rotatable bonds is 7. The maximum absolute atomic E-state index is 12.2. The molecule has 0 aromatic heterocycles. The Morgan fingerprint density at radius 3 is 2.14 bits per heavy atom. The van der Waals surface area contributed by atoms with Crippen LogP contribution in [0.4, 0.5) is 10.5 Å². The molecule has 28 heavy (non-hydrogen) atoms. The fraction of sp³-hybridized carbons (Fsp3) is 0.364. The first-order valence-electron chi connectivity index (χ1n) is 9.38. The van der Waals surface area contributed by atoms with Gasteiger partial charge in [-0.05, 0) is 51.6 Å². The van der Waals surface area contributed by atoms with Crippen molar-refractivity contribution >= 4 is 17.6 Å². The van der Waals surface area contributed by atoms with Crippen LogP contribution >= 0.6 is 0 Å². The Morgan fingerprint density at radius 2 is 1.57 bits per heavy atom. The average Bonchev–Trinajstić information content (AvgIpc) is 2.63. The fourth-order valence-electron chi connectivity index (χ4n) is 3.25. The molecular formula is C22H30N4O2. The molecule has 6 heteroatoms. The molecular weight excluding hydrogens is 352 g/mol. The summed E-state index contributed by atoms with van der Waals surface area (Å²) in [5.41, 5.74) is 5.09. The van der Waals surface area contributed by atoms with Gasteiger partial charge in [0, 0.05) is 12.2 Å². The van der Waals surface area contributed by atoms with Crippen LogP contribution < -0.4 is 16.0 Å². The second-order valence-corrected chi connectivity index (χ2v) is 7.28. The van der Waals surface area contributed by atoms with Gasteiger partial charge in [0.05, 0.1) is 12.6 Å². The fourth-order valence-corrected chi connectivity index (χ4v) is 3.25. The normalized spacial score (nSPS) is 11.8. The van der Waals surface area contributed by atoms with Crippen molar-refractivity contribution in [3.05, 3.63) is 64.7 Å². The average molecular weight is 383 g/mol. The van der Waals surface area contributed by atoms with Crippen LogP contribution in [-0.2, 0) is 4.79 Å². The summed E-state index contributed by atoms with van der Waals surface area (Å²) in [4.78, 5) is 26.4. The third kappa shape index (κ3) is 6.09. The number of hydrogen-bond acceptors (Lipinski definition) is 3. The van der Waals surface area contributed by atoms with E-state index >= 15 is 0 Å². The predicted octanol–water partition coefficient (Wildman–Crippen LogP) is 3.15. The van der Waals surface area contributed by atoms with E-state index in [1.54, 1.807) is 0 Å². The SMILES string of the molecule is Cc1cc(C)c(NC(=O)CNC(=O)NCC(c2ccccc2)N(C)C)c(C)c1. The Labute approximate surface area is 167 Å². The van der Waals surface area contributed by atoms with Gasteiger partial charge in [-0.25, -0.2) is 4.79 Å². The molecule has 0 aliphatic rings. The third-order valence-electron chi connectivity index (χ3n) is 4.61. The molecule has 3 N–H and O–H groups in total. The largest absolute Gasteiger partial charge is 0.336 e. The van der Waals surface area contributed by atoms with Crippen molar-refractivity contribution in [3.8, 4) is 0 Å². The lowest BCUT2D eigenvalue weighted by Crippen LogP contribution is -2.43. The van der Waals surface area contributed by atoms with Crippen LogP contribution in [0.15, 0.2) is 42.5 Å². The molecule has 0 bridgehead atoms. The van der Waals surface area contributed by atoms with Crippen molar-refractivity contribution in [1.29, 1.82) is 0 Å². The molecule has 0 saturated heterocycles. The number of carbonyl (C=O) groups is 2. The number of nitrogens with one attached hydrogen (secondary N) is 3. The Kier molecular flexibility index (Phi) is 7.58. The van der Waals surface area contributed by atoms with Crippen molar-refractivity contribution in [1.82, 2.24) is 15.5 Å². The lowest BCUT2D eigenvalue weighted by molar-refractivity contribution is -0.115. The number of likely N-dealkylation sites (N-methyl/N-ethyl adjacent to an activating group) is 1. The highest BCUT2D eigenvalue weighted by Gasteiger charge is 2.15. The van der Waals surface area contributed by atoms with Gasteiger partial charge in [-0.2, -0.15) is 0 Å². The molecule has 1 atom stereocenters. The Balaban J connectivity index is 1.84. The van der Waals surface area contributed by atoms with Gasteiger partial charge in [0.15, 0.2) is 0 Å². The van der Waals surface area contributed by atoms with Crippen LogP contribution in [0.3, 0.4) is 0 Å². The molecule has 6 nitrogen and oxygen atoms in total. The van der Waals surface area contributed by atoms with Crippen molar-refractivity contribution in [3.63, 3.8) is 0 Å². The summed E-state index contributed by atoms with van der Waals surface area (Å²) in [6.45, 7) is 6.30. The van der Waals surface area contributed by atoms with E-state index in [1.165, 1.54) is 0 Å². The molecule has 0 radical (unpaired) electrons. The van der Waals surface area contributed by atoms with Gasteiger partial charge in [0.25, 0.3) is 0 Å². The zero-order valence-electron chi connectivity index (χ0n) is 17.3. The zero-order valence-corrected chi connectivity index (χ0v) is 17.3. The second kappa shape index (κ2) is 9.90. The number of nitrogens with zero attached hydrogens (tertiary/aromatic N) is 1. The summed E-state index contributed by atoms with van der Waals surface area (Å²) in [5, 5.41) is 8.34. The first-order valence-corrected chi connectivity index (χ1v) is 9.38. The van der Waals surface area contributed by atoms with E-state index in [-0.39, 0.29) is 24.5 Å². The Morgan fingerprint density at radius 1 is 0.964 bits per heavy atom. The summed E-state index contributed by atoms with van der Waals surface area (Å²) in [6.07, 6.45) is 0. The summed E-state index contributed by atoms with van der Waals surface area (Å²) >= 11 is 0. The van der Waals surface area contributed by atoms with Gasteiger partial charge in [0.1, 0.15) is 0 Å². The molecule has 2 aromatic rings. The zero-order chi connectivity index (χ0) is 20.7. The number of urea groups is 1. The van der Waals surface area contributed by atoms with E-state index in [4.69, 9.17) is 0 Å². The Hall–Kier alpha value is -2.86. The molecule has 0 heterocycles. The first kappa shape index (κ1) is 21.4. The van der Waals surface area contributed by atoms with Gasteiger partial charge >= 0.3 is 6.03 Å². The maximum atomic E-state index is 12.2. The highest BCUT2D eigenvalue weighted by Crippen LogP contribution is 2.21. The molecule has 0 aliphatic heterocycles. The molecule has 0 fully saturated rings. The molecule has 3 amide bonds. The monoisotopic (exact) mass is 382 g/mol. The lowest BCUT2D eigenvalue weighted by atomic mass is 10.1. The van der Waals surface area contributed by atoms with E-state index in [2.05, 4.69) is 16.0 Å². The minimum atomic E-state index is -0.365. The minimum absolute atomic E-state index is 0.0543. The number of amides is 3. The molecule has 2 rings (SSSR count). The minimum Gasteiger partial charge on any atom is -0.336 e. The van der Waals surface area contributed by atoms with Gasteiger partial charge in [-0.3, -0.25) is 4.79 Å². The number of carbonyl (C=O) groups excluding carboxylic acids is 2. The first-order chi connectivity index (χ1) is 13.3. The Bertz CT molecular complexity index is 796. The van der Waals surface area contributed by atoms with Crippen LogP contribution in [0, 0.1) is 20.8 Å². The lowest BCUT2D eigenvalue weighted by Gasteiger charge is -2.25. The quantitative estimate of drug-likeness (QED) is 0.689. The summed E-state index contributed by atoms with van der Waals surface area (Å²) in [6, 6.07) is 13.7. The molecule has 150 valence electrons. The summed E-state index contributed by atoms with van der Waals surface area (Å²) < 4.78 is 0. The summed E-state index contributed by atoms with van der Waals surface area (Å²) in [5.74, 6) is -0.252. The van der Waals surface area contributed by atoms with Crippen LogP contribution in [-0.4, -0.2) is 44.0 Å². The van der Waals surface area contributed by atoms with Crippen LogP contribution in [0.2, 0.25) is 0 Å². The van der Waals surface area contributed by atoms with Crippen LogP contribution in [0.1, 0.15) is 28.3 Å². The van der Waals surface area contributed by atoms with E-state index in [9.17, 15) is 9.59 Å². The van der Waals surface area contributed by atoms with Crippen molar-refractivity contribution < 1.29 is 9.59 Å². The van der Waals surface area contributed by atoms with Gasteiger partial charge in [-0.1, -0.05) is 48.0 Å². The number of aryl methyl sites for hydroxylation is 3. The highest BCUT2D eigenvalue weighted by atomic mass is 16.2. The number of hydrogen-bond donors (Lipinski definition) is 3. The van der Waals surface area contributed by atoms with Crippen molar-refractivity contribution in [2.75, 3.05) is 32.5 Å². The number of anilines is 1.